The molecule has 0 aliphatic carbocycles. The van der Waals surface area contributed by atoms with Crippen molar-refractivity contribution in [3.8, 4) is 0 Å². The Morgan fingerprint density at radius 3 is 2.71 bits per heavy atom. The number of methoxy groups -OCH3 is 1. The third-order valence-corrected chi connectivity index (χ3v) is 4.30. The summed E-state index contributed by atoms with van der Waals surface area (Å²) >= 11 is 0. The molecule has 8 heteroatoms. The molecule has 0 aromatic carbocycles. The lowest BCUT2D eigenvalue weighted by molar-refractivity contribution is -0.181. The van der Waals surface area contributed by atoms with Gasteiger partial charge in [-0.2, -0.15) is 0 Å². The van der Waals surface area contributed by atoms with Gasteiger partial charge in [-0.3, -0.25) is 4.79 Å². The van der Waals surface area contributed by atoms with Crippen LogP contribution in [0.2, 0.25) is 0 Å². The number of likely N-dealkylation sites (tertiary alicyclic amines) is 1. The molecule has 0 atom stereocenters. The average molecular weight is 336 g/mol. The van der Waals surface area contributed by atoms with E-state index in [0.29, 0.717) is 69.6 Å². The van der Waals surface area contributed by atoms with Crippen molar-refractivity contribution in [2.45, 2.75) is 25.6 Å². The lowest BCUT2D eigenvalue weighted by Crippen LogP contribution is -2.47. The van der Waals surface area contributed by atoms with E-state index >= 15 is 0 Å². The number of nitrogens with zero attached hydrogens (tertiary/aromatic N) is 3. The molecule has 2 aliphatic rings. The second-order valence-electron chi connectivity index (χ2n) is 6.01. The Morgan fingerprint density at radius 1 is 1.33 bits per heavy atom. The van der Waals surface area contributed by atoms with Crippen LogP contribution >= 0.6 is 0 Å². The van der Waals surface area contributed by atoms with Gasteiger partial charge in [0, 0.05) is 45.7 Å². The van der Waals surface area contributed by atoms with Gasteiger partial charge in [0.05, 0.1) is 19.8 Å². The number of nitrogens with one attached hydrogen (secondary N) is 1. The third kappa shape index (κ3) is 3.82. The largest absolute Gasteiger partial charge is 0.383 e. The zero-order chi connectivity index (χ0) is 17.0. The minimum atomic E-state index is -0.481. The van der Waals surface area contributed by atoms with E-state index in [1.165, 1.54) is 0 Å². The second kappa shape index (κ2) is 7.42. The van der Waals surface area contributed by atoms with Crippen LogP contribution in [0.15, 0.2) is 6.07 Å². The second-order valence-corrected chi connectivity index (χ2v) is 6.01. The summed E-state index contributed by atoms with van der Waals surface area (Å²) < 4.78 is 16.4. The van der Waals surface area contributed by atoms with E-state index in [9.17, 15) is 4.79 Å². The fourth-order valence-electron chi connectivity index (χ4n) is 3.05. The first-order valence-corrected chi connectivity index (χ1v) is 8.28. The van der Waals surface area contributed by atoms with Crippen molar-refractivity contribution in [3.05, 3.63) is 17.6 Å². The van der Waals surface area contributed by atoms with E-state index in [4.69, 9.17) is 14.2 Å². The van der Waals surface area contributed by atoms with Crippen LogP contribution in [0.5, 0.6) is 0 Å². The predicted molar refractivity (Wildman–Crippen MR) is 86.9 cm³/mol. The van der Waals surface area contributed by atoms with Crippen molar-refractivity contribution in [2.75, 3.05) is 51.9 Å². The molecule has 24 heavy (non-hydrogen) atoms. The Balaban J connectivity index is 1.64. The number of amides is 1. The van der Waals surface area contributed by atoms with Crippen LogP contribution in [-0.4, -0.2) is 73.1 Å². The van der Waals surface area contributed by atoms with Gasteiger partial charge >= 0.3 is 0 Å². The van der Waals surface area contributed by atoms with E-state index in [-0.39, 0.29) is 5.91 Å². The first-order valence-electron chi connectivity index (χ1n) is 8.28. The van der Waals surface area contributed by atoms with Gasteiger partial charge in [0.25, 0.3) is 5.91 Å². The summed E-state index contributed by atoms with van der Waals surface area (Å²) in [4.78, 5) is 23.1. The minimum absolute atomic E-state index is 0.0804. The molecule has 0 radical (unpaired) electrons. The number of hydrogen-bond acceptors (Lipinski definition) is 7. The zero-order valence-electron chi connectivity index (χ0n) is 14.2. The molecule has 8 nitrogen and oxygen atoms in total. The fraction of sp³-hybridized carbons (Fsp3) is 0.688. The van der Waals surface area contributed by atoms with Crippen molar-refractivity contribution in [1.82, 2.24) is 14.9 Å². The number of aryl methyl sites for hydroxylation is 1. The van der Waals surface area contributed by atoms with Crippen LogP contribution in [0.4, 0.5) is 5.82 Å². The van der Waals surface area contributed by atoms with Crippen molar-refractivity contribution in [3.63, 3.8) is 0 Å². The molecule has 0 unspecified atom stereocenters. The third-order valence-electron chi connectivity index (χ3n) is 4.30. The summed E-state index contributed by atoms with van der Waals surface area (Å²) in [5.41, 5.74) is 0.409. The maximum atomic E-state index is 12.7. The Labute approximate surface area is 141 Å². The molecule has 2 aliphatic heterocycles. The molecule has 1 aromatic heterocycles. The highest BCUT2D eigenvalue weighted by molar-refractivity contribution is 5.93. The molecule has 0 saturated carbocycles. The fourth-order valence-corrected chi connectivity index (χ4v) is 3.05. The Kier molecular flexibility index (Phi) is 5.27. The number of ether oxygens (including phenoxy) is 3. The van der Waals surface area contributed by atoms with Crippen LogP contribution in [0.25, 0.3) is 0 Å². The van der Waals surface area contributed by atoms with E-state index in [0.717, 1.165) is 0 Å². The number of rotatable bonds is 5. The van der Waals surface area contributed by atoms with Crippen molar-refractivity contribution in [2.24, 2.45) is 0 Å². The Hall–Kier alpha value is -1.77. The van der Waals surface area contributed by atoms with Gasteiger partial charge in [0.15, 0.2) is 5.79 Å². The summed E-state index contributed by atoms with van der Waals surface area (Å²) in [6.45, 7) is 5.46. The summed E-state index contributed by atoms with van der Waals surface area (Å²) in [6.07, 6.45) is 1.39. The SMILES string of the molecule is COCCNc1cc(C(=O)N2CCC3(CC2)OCCO3)nc(C)n1. The standard InChI is InChI=1S/C16H24N4O4/c1-12-18-13(11-14(19-12)17-5-8-22-2)15(21)20-6-3-16(4-7-20)23-9-10-24-16/h11H,3-10H2,1-2H3,(H,17,18,19). The number of carbonyl (C=O) groups is 1. The molecule has 1 N–H and O–H groups in total. The number of carbonyl (C=O) groups excluding carboxylic acids is 1. The van der Waals surface area contributed by atoms with Gasteiger partial charge in [0.2, 0.25) is 0 Å². The van der Waals surface area contributed by atoms with Crippen LogP contribution in [0, 0.1) is 6.92 Å². The van der Waals surface area contributed by atoms with Crippen LogP contribution in [-0.2, 0) is 14.2 Å². The number of aromatic nitrogens is 2. The quantitative estimate of drug-likeness (QED) is 0.797. The van der Waals surface area contributed by atoms with E-state index in [1.807, 2.05) is 0 Å². The van der Waals surface area contributed by atoms with Gasteiger partial charge in [-0.05, 0) is 6.92 Å². The normalized spacial score (nSPS) is 19.7. The topological polar surface area (TPSA) is 85.8 Å². The number of piperidine rings is 1. The summed E-state index contributed by atoms with van der Waals surface area (Å²) in [6, 6.07) is 1.69. The Bertz CT molecular complexity index is 579. The molecule has 3 heterocycles. The molecular weight excluding hydrogens is 312 g/mol. The average Bonchev–Trinajstić information content (AvgIpc) is 3.03. The molecule has 0 bridgehead atoms. The van der Waals surface area contributed by atoms with Gasteiger partial charge in [-0.15, -0.1) is 0 Å². The maximum Gasteiger partial charge on any atom is 0.272 e. The van der Waals surface area contributed by atoms with Gasteiger partial charge < -0.3 is 24.4 Å². The minimum Gasteiger partial charge on any atom is -0.383 e. The smallest absolute Gasteiger partial charge is 0.272 e. The van der Waals surface area contributed by atoms with Gasteiger partial charge in [-0.25, -0.2) is 9.97 Å². The van der Waals surface area contributed by atoms with Crippen LogP contribution in [0.1, 0.15) is 29.2 Å². The Morgan fingerprint density at radius 2 is 2.04 bits per heavy atom. The highest BCUT2D eigenvalue weighted by Gasteiger charge is 2.41. The van der Waals surface area contributed by atoms with Crippen LogP contribution < -0.4 is 5.32 Å². The highest BCUT2D eigenvalue weighted by atomic mass is 16.7. The number of hydrogen-bond donors (Lipinski definition) is 1. The number of anilines is 1. The molecule has 2 saturated heterocycles. The summed E-state index contributed by atoms with van der Waals surface area (Å²) in [7, 11) is 1.64. The van der Waals surface area contributed by atoms with Gasteiger partial charge in [-0.1, -0.05) is 0 Å². The zero-order valence-corrected chi connectivity index (χ0v) is 14.2. The molecule has 1 spiro atoms. The lowest BCUT2D eigenvalue weighted by Gasteiger charge is -2.37. The van der Waals surface area contributed by atoms with Crippen molar-refractivity contribution < 1.29 is 19.0 Å². The van der Waals surface area contributed by atoms with E-state index < -0.39 is 5.79 Å². The molecule has 2 fully saturated rings. The maximum absolute atomic E-state index is 12.7. The summed E-state index contributed by atoms with van der Waals surface area (Å²) in [5, 5.41) is 3.14. The van der Waals surface area contributed by atoms with E-state index in [2.05, 4.69) is 15.3 Å². The lowest BCUT2D eigenvalue weighted by atomic mass is 10.0. The van der Waals surface area contributed by atoms with Crippen molar-refractivity contribution in [1.29, 1.82) is 0 Å². The van der Waals surface area contributed by atoms with E-state index in [1.54, 1.807) is 25.0 Å². The first kappa shape index (κ1) is 17.1. The molecule has 1 amide bonds. The monoisotopic (exact) mass is 336 g/mol. The van der Waals surface area contributed by atoms with Crippen molar-refractivity contribution >= 4 is 11.7 Å². The van der Waals surface area contributed by atoms with Gasteiger partial charge in [0.1, 0.15) is 17.3 Å². The van der Waals surface area contributed by atoms with Crippen LogP contribution in [0.3, 0.4) is 0 Å². The molecule has 3 rings (SSSR count). The molecule has 1 aromatic rings. The molecule has 132 valence electrons. The highest BCUT2D eigenvalue weighted by Crippen LogP contribution is 2.31. The summed E-state index contributed by atoms with van der Waals surface area (Å²) in [5.74, 6) is 0.643. The molecular formula is C16H24N4O4. The first-order chi connectivity index (χ1) is 11.6. The predicted octanol–water partition coefficient (Wildman–Crippen LogP) is 0.822.